The molecule has 3 aromatic rings. The molecular formula is C25H24ClN3O5. The first-order chi connectivity index (χ1) is 16.4. The number of fused-ring (bicyclic) bond motifs is 1. The van der Waals surface area contributed by atoms with Crippen molar-refractivity contribution in [1.82, 2.24) is 9.99 Å². The molecule has 4 rings (SSSR count). The quantitative estimate of drug-likeness (QED) is 0.462. The molecule has 2 heterocycles. The van der Waals surface area contributed by atoms with E-state index in [1.807, 2.05) is 42.5 Å². The van der Waals surface area contributed by atoms with Crippen LogP contribution in [0.15, 0.2) is 53.6 Å². The van der Waals surface area contributed by atoms with E-state index in [0.717, 1.165) is 22.4 Å². The van der Waals surface area contributed by atoms with Gasteiger partial charge in [-0.1, -0.05) is 11.6 Å². The van der Waals surface area contributed by atoms with Gasteiger partial charge in [0.05, 0.1) is 31.5 Å². The van der Waals surface area contributed by atoms with Crippen molar-refractivity contribution >= 4 is 40.1 Å². The average Bonchev–Trinajstić information content (AvgIpc) is 3.28. The van der Waals surface area contributed by atoms with Gasteiger partial charge in [0.25, 0.3) is 0 Å². The Morgan fingerprint density at radius 2 is 1.76 bits per heavy atom. The molecule has 1 unspecified atom stereocenters. The van der Waals surface area contributed by atoms with E-state index in [4.69, 9.17) is 26.2 Å². The normalized spacial score (nSPS) is 15.3. The summed E-state index contributed by atoms with van der Waals surface area (Å²) in [4.78, 5) is 28.5. The second-order valence-electron chi connectivity index (χ2n) is 7.91. The van der Waals surface area contributed by atoms with Crippen LogP contribution >= 0.6 is 11.6 Å². The van der Waals surface area contributed by atoms with E-state index in [2.05, 4.69) is 10.1 Å². The predicted molar refractivity (Wildman–Crippen MR) is 129 cm³/mol. The van der Waals surface area contributed by atoms with Gasteiger partial charge in [-0.25, -0.2) is 9.99 Å². The monoisotopic (exact) mass is 481 g/mol. The Labute approximate surface area is 201 Å². The number of nitrogens with zero attached hydrogens (tertiary/aromatic N) is 3. The average molecular weight is 482 g/mol. The molecule has 9 heteroatoms. The Kier molecular flexibility index (Phi) is 6.98. The lowest BCUT2D eigenvalue weighted by molar-refractivity contribution is -0.137. The maximum absolute atomic E-state index is 13.1. The van der Waals surface area contributed by atoms with Crippen LogP contribution in [0.2, 0.25) is 5.15 Å². The number of rotatable bonds is 8. The van der Waals surface area contributed by atoms with Crippen molar-refractivity contribution in [1.29, 1.82) is 0 Å². The lowest BCUT2D eigenvalue weighted by Gasteiger charge is -2.23. The number of hydrogen-bond donors (Lipinski definition) is 1. The highest BCUT2D eigenvalue weighted by atomic mass is 35.5. The third kappa shape index (κ3) is 4.97. The largest absolute Gasteiger partial charge is 0.497 e. The molecule has 1 amide bonds. The molecule has 0 saturated carbocycles. The Morgan fingerprint density at radius 3 is 2.44 bits per heavy atom. The molecule has 0 radical (unpaired) electrons. The SMILES string of the molecule is COc1ccc(C2=NN(C(=O)CCCC(=O)O)C(c3cc4ccc(OC)cc4nc3Cl)C2)cc1. The minimum atomic E-state index is -0.939. The number of carboxylic acid groups (broad SMARTS) is 1. The molecular weight excluding hydrogens is 458 g/mol. The molecule has 0 fully saturated rings. The fourth-order valence-corrected chi connectivity index (χ4v) is 4.22. The van der Waals surface area contributed by atoms with Crippen LogP contribution in [0.3, 0.4) is 0 Å². The zero-order chi connectivity index (χ0) is 24.2. The zero-order valence-electron chi connectivity index (χ0n) is 18.8. The van der Waals surface area contributed by atoms with E-state index >= 15 is 0 Å². The van der Waals surface area contributed by atoms with E-state index in [1.165, 1.54) is 5.01 Å². The van der Waals surface area contributed by atoms with Crippen LogP contribution in [0.25, 0.3) is 10.9 Å². The van der Waals surface area contributed by atoms with E-state index in [0.29, 0.717) is 23.3 Å². The molecule has 0 bridgehead atoms. The fourth-order valence-electron chi connectivity index (χ4n) is 3.95. The highest BCUT2D eigenvalue weighted by Gasteiger charge is 2.34. The minimum Gasteiger partial charge on any atom is -0.497 e. The number of aromatic nitrogens is 1. The number of carbonyl (C=O) groups excluding carboxylic acids is 1. The van der Waals surface area contributed by atoms with Gasteiger partial charge in [0.15, 0.2) is 0 Å². The molecule has 8 nitrogen and oxygen atoms in total. The van der Waals surface area contributed by atoms with Crippen LogP contribution in [0.4, 0.5) is 0 Å². The fraction of sp³-hybridized carbons (Fsp3) is 0.280. The number of hydrogen-bond acceptors (Lipinski definition) is 6. The molecule has 1 aliphatic rings. The summed E-state index contributed by atoms with van der Waals surface area (Å²) in [6, 6.07) is 14.4. The highest BCUT2D eigenvalue weighted by Crippen LogP contribution is 2.38. The van der Waals surface area contributed by atoms with Crippen LogP contribution < -0.4 is 9.47 Å². The second kappa shape index (κ2) is 10.1. The third-order valence-electron chi connectivity index (χ3n) is 5.73. The number of carbonyl (C=O) groups is 2. The number of benzene rings is 2. The maximum atomic E-state index is 13.1. The molecule has 1 aromatic heterocycles. The molecule has 1 N–H and O–H groups in total. The molecule has 1 aliphatic heterocycles. The number of aliphatic carboxylic acids is 1. The first-order valence-electron chi connectivity index (χ1n) is 10.8. The molecule has 0 aliphatic carbocycles. The van der Waals surface area contributed by atoms with Gasteiger partial charge < -0.3 is 14.6 Å². The van der Waals surface area contributed by atoms with Gasteiger partial charge in [0, 0.05) is 36.3 Å². The summed E-state index contributed by atoms with van der Waals surface area (Å²) in [7, 11) is 3.18. The molecule has 1 atom stereocenters. The Bertz CT molecular complexity index is 1260. The zero-order valence-corrected chi connectivity index (χ0v) is 19.6. The van der Waals surface area contributed by atoms with Gasteiger partial charge in [-0.3, -0.25) is 9.59 Å². The van der Waals surface area contributed by atoms with Crippen LogP contribution in [0.5, 0.6) is 11.5 Å². The smallest absolute Gasteiger partial charge is 0.303 e. The number of methoxy groups -OCH3 is 2. The Morgan fingerprint density at radius 1 is 1.06 bits per heavy atom. The van der Waals surface area contributed by atoms with Gasteiger partial charge in [0.2, 0.25) is 5.91 Å². The van der Waals surface area contributed by atoms with Gasteiger partial charge in [0.1, 0.15) is 16.7 Å². The van der Waals surface area contributed by atoms with Crippen molar-refractivity contribution in [2.75, 3.05) is 14.2 Å². The second-order valence-corrected chi connectivity index (χ2v) is 8.27. The number of hydrazone groups is 1. The number of pyridine rings is 1. The first-order valence-corrected chi connectivity index (χ1v) is 11.2. The molecule has 34 heavy (non-hydrogen) atoms. The Balaban J connectivity index is 1.69. The summed E-state index contributed by atoms with van der Waals surface area (Å²) < 4.78 is 10.5. The van der Waals surface area contributed by atoms with Crippen LogP contribution in [0, 0.1) is 0 Å². The maximum Gasteiger partial charge on any atom is 0.303 e. The third-order valence-corrected chi connectivity index (χ3v) is 6.04. The van der Waals surface area contributed by atoms with Gasteiger partial charge >= 0.3 is 5.97 Å². The highest BCUT2D eigenvalue weighted by molar-refractivity contribution is 6.30. The molecule has 176 valence electrons. The van der Waals surface area contributed by atoms with E-state index in [-0.39, 0.29) is 30.3 Å². The number of halogens is 1. The molecule has 0 saturated heterocycles. The standard InChI is InChI=1S/C25H24ClN3O5/c1-33-17-9-6-15(7-10-17)21-14-22(29(28-21)23(30)4-3-5-24(31)32)19-12-16-8-11-18(34-2)13-20(16)27-25(19)26/h6-13,22H,3-5,14H2,1-2H3,(H,31,32). The lowest BCUT2D eigenvalue weighted by Crippen LogP contribution is -2.27. The summed E-state index contributed by atoms with van der Waals surface area (Å²) in [6.45, 7) is 0. The van der Waals surface area contributed by atoms with Gasteiger partial charge in [-0.15, -0.1) is 0 Å². The summed E-state index contributed by atoms with van der Waals surface area (Å²) in [5, 5.41) is 16.1. The number of carboxylic acids is 1. The first kappa shape index (κ1) is 23.5. The van der Waals surface area contributed by atoms with E-state index < -0.39 is 12.0 Å². The summed E-state index contributed by atoms with van der Waals surface area (Å²) in [6.07, 6.45) is 0.659. The Hall–Kier alpha value is -3.65. The summed E-state index contributed by atoms with van der Waals surface area (Å²) in [5.74, 6) is 0.189. The van der Waals surface area contributed by atoms with Crippen molar-refractivity contribution in [2.45, 2.75) is 31.7 Å². The molecule has 0 spiro atoms. The molecule has 2 aromatic carbocycles. The van der Waals surface area contributed by atoms with Crippen molar-refractivity contribution in [3.05, 3.63) is 64.8 Å². The van der Waals surface area contributed by atoms with Crippen LogP contribution in [0.1, 0.15) is 42.9 Å². The predicted octanol–water partition coefficient (Wildman–Crippen LogP) is 4.84. The summed E-state index contributed by atoms with van der Waals surface area (Å²) in [5.41, 5.74) is 2.95. The van der Waals surface area contributed by atoms with Crippen LogP contribution in [-0.2, 0) is 9.59 Å². The lowest BCUT2D eigenvalue weighted by atomic mass is 9.98. The van der Waals surface area contributed by atoms with Crippen molar-refractivity contribution in [3.8, 4) is 11.5 Å². The van der Waals surface area contributed by atoms with Crippen molar-refractivity contribution in [2.24, 2.45) is 5.10 Å². The summed E-state index contributed by atoms with van der Waals surface area (Å²) >= 11 is 6.59. The minimum absolute atomic E-state index is 0.0675. The van der Waals surface area contributed by atoms with Crippen LogP contribution in [-0.4, -0.2) is 46.9 Å². The topological polar surface area (TPSA) is 101 Å². The van der Waals surface area contributed by atoms with Crippen molar-refractivity contribution in [3.63, 3.8) is 0 Å². The van der Waals surface area contributed by atoms with Gasteiger partial charge in [-0.2, -0.15) is 5.10 Å². The van der Waals surface area contributed by atoms with E-state index in [1.54, 1.807) is 20.3 Å². The number of ether oxygens (including phenoxy) is 2. The number of amides is 1. The van der Waals surface area contributed by atoms with E-state index in [9.17, 15) is 9.59 Å². The van der Waals surface area contributed by atoms with Gasteiger partial charge in [-0.05, 0) is 54.4 Å². The van der Waals surface area contributed by atoms with Crippen molar-refractivity contribution < 1.29 is 24.2 Å².